The van der Waals surface area contributed by atoms with Gasteiger partial charge in [-0.15, -0.1) is 0 Å². The predicted molar refractivity (Wildman–Crippen MR) is 110 cm³/mol. The molecule has 0 spiro atoms. The van der Waals surface area contributed by atoms with Crippen LogP contribution in [-0.4, -0.2) is 45.9 Å². The number of hydrogen-bond acceptors (Lipinski definition) is 5. The summed E-state index contributed by atoms with van der Waals surface area (Å²) in [6.45, 7) is 5.06. The Kier molecular flexibility index (Phi) is 6.55. The second kappa shape index (κ2) is 9.28. The first kappa shape index (κ1) is 19.8. The standard InChI is InChI=1S/C22H26N2O4/c1-15-16-5-4-6-18(11-16)28-14-22(25)24-17(13-26-3)9-10-27-19-7-8-21(23-2)20(15)12-19/h4-8,11-12,17,23H,1,9-10,13-14H2,2-3H3,(H,24,25). The van der Waals surface area contributed by atoms with Crippen LogP contribution in [0.3, 0.4) is 0 Å². The summed E-state index contributed by atoms with van der Waals surface area (Å²) in [6, 6.07) is 13.3. The minimum Gasteiger partial charge on any atom is -0.493 e. The van der Waals surface area contributed by atoms with E-state index in [4.69, 9.17) is 14.2 Å². The van der Waals surface area contributed by atoms with Crippen LogP contribution in [0.2, 0.25) is 0 Å². The molecule has 6 heteroatoms. The number of rotatable bonds is 3. The zero-order valence-electron chi connectivity index (χ0n) is 16.3. The van der Waals surface area contributed by atoms with Crippen molar-refractivity contribution in [2.75, 3.05) is 39.3 Å². The van der Waals surface area contributed by atoms with Gasteiger partial charge in [0.1, 0.15) is 11.5 Å². The maximum absolute atomic E-state index is 12.2. The van der Waals surface area contributed by atoms with Crippen molar-refractivity contribution in [3.05, 3.63) is 60.2 Å². The number of nitrogens with one attached hydrogen (secondary N) is 2. The molecule has 0 aromatic heterocycles. The molecule has 0 saturated heterocycles. The highest BCUT2D eigenvalue weighted by Gasteiger charge is 2.15. The van der Waals surface area contributed by atoms with Crippen LogP contribution in [0.15, 0.2) is 49.0 Å². The molecule has 148 valence electrons. The number of anilines is 1. The Hall–Kier alpha value is -2.99. The second-order valence-corrected chi connectivity index (χ2v) is 6.61. The monoisotopic (exact) mass is 382 g/mol. The van der Waals surface area contributed by atoms with Crippen molar-refractivity contribution in [3.8, 4) is 11.5 Å². The summed E-state index contributed by atoms with van der Waals surface area (Å²) in [5, 5.41) is 6.13. The van der Waals surface area contributed by atoms with Gasteiger partial charge in [-0.3, -0.25) is 4.79 Å². The summed E-state index contributed by atoms with van der Waals surface area (Å²) in [4.78, 5) is 12.2. The molecule has 2 aromatic rings. The lowest BCUT2D eigenvalue weighted by Crippen LogP contribution is -2.41. The maximum Gasteiger partial charge on any atom is 0.258 e. The van der Waals surface area contributed by atoms with Crippen LogP contribution in [0, 0.1) is 0 Å². The van der Waals surface area contributed by atoms with Gasteiger partial charge in [-0.25, -0.2) is 0 Å². The number of methoxy groups -OCH3 is 1. The molecule has 1 amide bonds. The van der Waals surface area contributed by atoms with E-state index in [2.05, 4.69) is 17.2 Å². The van der Waals surface area contributed by atoms with E-state index in [1.54, 1.807) is 7.11 Å². The van der Waals surface area contributed by atoms with Crippen molar-refractivity contribution in [2.45, 2.75) is 12.5 Å². The predicted octanol–water partition coefficient (Wildman–Crippen LogP) is 3.08. The lowest BCUT2D eigenvalue weighted by Gasteiger charge is -2.18. The van der Waals surface area contributed by atoms with Gasteiger partial charge in [-0.2, -0.15) is 0 Å². The first-order valence-corrected chi connectivity index (χ1v) is 9.26. The Bertz CT molecular complexity index is 850. The lowest BCUT2D eigenvalue weighted by atomic mass is 9.97. The van der Waals surface area contributed by atoms with Crippen LogP contribution in [0.25, 0.3) is 5.57 Å². The zero-order valence-corrected chi connectivity index (χ0v) is 16.3. The topological polar surface area (TPSA) is 68.8 Å². The number of fused-ring (bicyclic) bond motifs is 4. The largest absolute Gasteiger partial charge is 0.493 e. The number of amides is 1. The normalized spacial score (nSPS) is 17.4. The number of benzene rings is 2. The third-order valence-corrected chi connectivity index (χ3v) is 4.61. The molecule has 0 aliphatic carbocycles. The third kappa shape index (κ3) is 4.84. The SMILES string of the molecule is C=C1c2cccc(c2)OCC(=O)NC(COC)CCOc2ccc(NC)c1c2. The highest BCUT2D eigenvalue weighted by molar-refractivity contribution is 5.86. The summed E-state index contributed by atoms with van der Waals surface area (Å²) in [7, 11) is 3.49. The molecular weight excluding hydrogens is 356 g/mol. The fourth-order valence-corrected chi connectivity index (χ4v) is 3.15. The maximum atomic E-state index is 12.2. The Balaban J connectivity index is 1.96. The van der Waals surface area contributed by atoms with E-state index < -0.39 is 0 Å². The van der Waals surface area contributed by atoms with Gasteiger partial charge in [0.25, 0.3) is 5.91 Å². The van der Waals surface area contributed by atoms with Crippen molar-refractivity contribution < 1.29 is 19.0 Å². The molecule has 1 unspecified atom stereocenters. The minimum absolute atomic E-state index is 0.0630. The van der Waals surface area contributed by atoms with Gasteiger partial charge in [0.05, 0.1) is 19.3 Å². The van der Waals surface area contributed by atoms with Crippen molar-refractivity contribution in [1.82, 2.24) is 5.32 Å². The van der Waals surface area contributed by atoms with E-state index in [0.717, 1.165) is 28.1 Å². The van der Waals surface area contributed by atoms with Crippen LogP contribution in [0.5, 0.6) is 11.5 Å². The number of ether oxygens (including phenoxy) is 3. The fraction of sp³-hybridized carbons (Fsp3) is 0.318. The van der Waals surface area contributed by atoms with E-state index >= 15 is 0 Å². The smallest absolute Gasteiger partial charge is 0.258 e. The van der Waals surface area contributed by atoms with Crippen molar-refractivity contribution in [2.24, 2.45) is 0 Å². The number of carbonyl (C=O) groups excluding carboxylic acids is 1. The van der Waals surface area contributed by atoms with E-state index in [-0.39, 0.29) is 18.6 Å². The van der Waals surface area contributed by atoms with E-state index in [1.807, 2.05) is 49.5 Å². The number of hydrogen-bond donors (Lipinski definition) is 2. The molecule has 4 bridgehead atoms. The van der Waals surface area contributed by atoms with Crippen LogP contribution < -0.4 is 20.1 Å². The van der Waals surface area contributed by atoms with Gasteiger partial charge in [0.15, 0.2) is 6.61 Å². The van der Waals surface area contributed by atoms with Crippen LogP contribution in [0.4, 0.5) is 5.69 Å². The molecule has 1 aliphatic heterocycles. The first-order chi connectivity index (χ1) is 13.6. The van der Waals surface area contributed by atoms with Crippen molar-refractivity contribution >= 4 is 17.2 Å². The van der Waals surface area contributed by atoms with Gasteiger partial charge in [0, 0.05) is 31.8 Å². The molecule has 0 radical (unpaired) electrons. The van der Waals surface area contributed by atoms with E-state index in [9.17, 15) is 4.79 Å². The Morgan fingerprint density at radius 1 is 1.21 bits per heavy atom. The van der Waals surface area contributed by atoms with Gasteiger partial charge in [-0.05, 0) is 41.5 Å². The molecule has 1 atom stereocenters. The molecule has 28 heavy (non-hydrogen) atoms. The summed E-state index contributed by atoms with van der Waals surface area (Å²) < 4.78 is 16.8. The van der Waals surface area contributed by atoms with E-state index in [1.165, 1.54) is 0 Å². The average molecular weight is 382 g/mol. The van der Waals surface area contributed by atoms with Gasteiger partial charge in [-0.1, -0.05) is 18.7 Å². The summed E-state index contributed by atoms with van der Waals surface area (Å²) in [5.41, 5.74) is 3.67. The summed E-state index contributed by atoms with van der Waals surface area (Å²) in [6.07, 6.45) is 0.622. The Morgan fingerprint density at radius 2 is 2.04 bits per heavy atom. The van der Waals surface area contributed by atoms with Crippen LogP contribution in [0.1, 0.15) is 17.5 Å². The van der Waals surface area contributed by atoms with E-state index in [0.29, 0.717) is 25.4 Å². The zero-order chi connectivity index (χ0) is 19.9. The summed E-state index contributed by atoms with van der Waals surface area (Å²) in [5.74, 6) is 1.17. The molecular formula is C22H26N2O4. The van der Waals surface area contributed by atoms with Gasteiger partial charge in [0.2, 0.25) is 0 Å². The van der Waals surface area contributed by atoms with Gasteiger partial charge >= 0.3 is 0 Å². The molecule has 1 heterocycles. The highest BCUT2D eigenvalue weighted by atomic mass is 16.5. The third-order valence-electron chi connectivity index (χ3n) is 4.61. The molecule has 6 nitrogen and oxygen atoms in total. The molecule has 1 aliphatic rings. The lowest BCUT2D eigenvalue weighted by molar-refractivity contribution is -0.124. The fourth-order valence-electron chi connectivity index (χ4n) is 3.15. The first-order valence-electron chi connectivity index (χ1n) is 9.26. The molecule has 3 rings (SSSR count). The molecule has 2 N–H and O–H groups in total. The van der Waals surface area contributed by atoms with Crippen molar-refractivity contribution in [3.63, 3.8) is 0 Å². The highest BCUT2D eigenvalue weighted by Crippen LogP contribution is 2.32. The van der Waals surface area contributed by atoms with Crippen LogP contribution in [-0.2, 0) is 9.53 Å². The molecule has 2 aromatic carbocycles. The van der Waals surface area contributed by atoms with Crippen LogP contribution >= 0.6 is 0 Å². The molecule has 0 fully saturated rings. The summed E-state index contributed by atoms with van der Waals surface area (Å²) >= 11 is 0. The minimum atomic E-state index is -0.195. The molecule has 0 saturated carbocycles. The Morgan fingerprint density at radius 3 is 2.82 bits per heavy atom. The van der Waals surface area contributed by atoms with Crippen molar-refractivity contribution in [1.29, 1.82) is 0 Å². The Labute approximate surface area is 165 Å². The second-order valence-electron chi connectivity index (χ2n) is 6.61. The number of carbonyl (C=O) groups is 1. The van der Waals surface area contributed by atoms with Gasteiger partial charge < -0.3 is 24.8 Å². The average Bonchev–Trinajstić information content (AvgIpc) is 2.71. The quantitative estimate of drug-likeness (QED) is 0.854.